The molecular formula is C22H23NO3S. The topological polar surface area (TPSA) is 55.4 Å². The Labute approximate surface area is 163 Å². The normalized spacial score (nSPS) is 10.7. The predicted molar refractivity (Wildman–Crippen MR) is 110 cm³/mol. The lowest BCUT2D eigenvalue weighted by Gasteiger charge is -2.07. The molecule has 0 aliphatic heterocycles. The van der Waals surface area contributed by atoms with Gasteiger partial charge < -0.3 is 10.1 Å². The monoisotopic (exact) mass is 381 g/mol. The third-order valence-electron chi connectivity index (χ3n) is 4.36. The highest BCUT2D eigenvalue weighted by molar-refractivity contribution is 7.17. The van der Waals surface area contributed by atoms with Crippen LogP contribution in [-0.4, -0.2) is 24.8 Å². The minimum Gasteiger partial charge on any atom is -0.494 e. The smallest absolute Gasteiger partial charge is 0.220 e. The van der Waals surface area contributed by atoms with Crippen LogP contribution in [0.1, 0.15) is 35.7 Å². The minimum atomic E-state index is 0.0358. The van der Waals surface area contributed by atoms with E-state index in [1.165, 1.54) is 22.6 Å². The Bertz CT molecular complexity index is 915. The van der Waals surface area contributed by atoms with Crippen molar-refractivity contribution in [3.05, 3.63) is 65.0 Å². The van der Waals surface area contributed by atoms with Gasteiger partial charge in [0.25, 0.3) is 0 Å². The molecule has 0 fully saturated rings. The second-order valence-electron chi connectivity index (χ2n) is 6.39. The Morgan fingerprint density at radius 2 is 1.85 bits per heavy atom. The van der Waals surface area contributed by atoms with Crippen molar-refractivity contribution in [2.24, 2.45) is 0 Å². The summed E-state index contributed by atoms with van der Waals surface area (Å²) < 4.78 is 6.90. The number of fused-ring (bicyclic) bond motifs is 1. The van der Waals surface area contributed by atoms with Crippen LogP contribution in [0.15, 0.2) is 53.9 Å². The molecule has 140 valence electrons. The second kappa shape index (κ2) is 9.33. The molecule has 0 radical (unpaired) electrons. The summed E-state index contributed by atoms with van der Waals surface area (Å²) in [5, 5.41) is 6.42. The maximum absolute atomic E-state index is 12.0. The number of hydrogen-bond acceptors (Lipinski definition) is 4. The number of hydrogen-bond donors (Lipinski definition) is 1. The van der Waals surface area contributed by atoms with Gasteiger partial charge >= 0.3 is 0 Å². The van der Waals surface area contributed by atoms with Crippen LogP contribution >= 0.6 is 11.3 Å². The first-order valence-corrected chi connectivity index (χ1v) is 9.97. The third-order valence-corrected chi connectivity index (χ3v) is 5.37. The molecule has 0 atom stereocenters. The lowest BCUT2D eigenvalue weighted by Crippen LogP contribution is -2.25. The van der Waals surface area contributed by atoms with Gasteiger partial charge in [-0.1, -0.05) is 18.2 Å². The second-order valence-corrected chi connectivity index (χ2v) is 7.30. The van der Waals surface area contributed by atoms with E-state index in [4.69, 9.17) is 4.74 Å². The fourth-order valence-electron chi connectivity index (χ4n) is 2.86. The highest BCUT2D eigenvalue weighted by Crippen LogP contribution is 2.25. The Kier molecular flexibility index (Phi) is 6.60. The van der Waals surface area contributed by atoms with Crippen molar-refractivity contribution < 1.29 is 14.3 Å². The molecule has 1 amide bonds. The van der Waals surface area contributed by atoms with Crippen molar-refractivity contribution in [2.75, 3.05) is 13.2 Å². The summed E-state index contributed by atoms with van der Waals surface area (Å²) >= 11 is 1.74. The minimum absolute atomic E-state index is 0.0358. The molecule has 0 aliphatic rings. The predicted octanol–water partition coefficient (Wildman–Crippen LogP) is 4.62. The van der Waals surface area contributed by atoms with Gasteiger partial charge in [-0.25, -0.2) is 0 Å². The quantitative estimate of drug-likeness (QED) is 0.435. The van der Waals surface area contributed by atoms with Crippen LogP contribution in [0, 0.1) is 0 Å². The van der Waals surface area contributed by atoms with Gasteiger partial charge in [-0.15, -0.1) is 11.3 Å². The number of benzene rings is 2. The highest BCUT2D eigenvalue weighted by Gasteiger charge is 2.05. The van der Waals surface area contributed by atoms with Crippen molar-refractivity contribution in [3.8, 4) is 5.75 Å². The lowest BCUT2D eigenvalue weighted by atomic mass is 10.1. The molecule has 2 aromatic carbocycles. The molecule has 1 heterocycles. The van der Waals surface area contributed by atoms with E-state index in [2.05, 4.69) is 22.8 Å². The van der Waals surface area contributed by atoms with E-state index in [-0.39, 0.29) is 11.7 Å². The van der Waals surface area contributed by atoms with Gasteiger partial charge in [-0.05, 0) is 66.4 Å². The van der Waals surface area contributed by atoms with E-state index in [0.29, 0.717) is 37.3 Å². The fourth-order valence-corrected chi connectivity index (χ4v) is 3.86. The Morgan fingerprint density at radius 3 is 2.63 bits per heavy atom. The molecule has 0 spiro atoms. The molecule has 0 unspecified atom stereocenters. The summed E-state index contributed by atoms with van der Waals surface area (Å²) in [4.78, 5) is 23.2. The number of nitrogens with one attached hydrogen (secondary N) is 1. The summed E-state index contributed by atoms with van der Waals surface area (Å²) in [6.07, 6.45) is 1.94. The molecule has 0 bridgehead atoms. The van der Waals surface area contributed by atoms with Crippen LogP contribution in [0.2, 0.25) is 0 Å². The summed E-state index contributed by atoms with van der Waals surface area (Å²) in [5.74, 6) is 0.795. The molecule has 5 heteroatoms. The number of rotatable bonds is 9. The first kappa shape index (κ1) is 19.1. The number of thiophene rings is 1. The van der Waals surface area contributed by atoms with Crippen LogP contribution in [0.5, 0.6) is 5.75 Å². The largest absolute Gasteiger partial charge is 0.494 e. The van der Waals surface area contributed by atoms with Gasteiger partial charge in [-0.3, -0.25) is 9.59 Å². The molecular weight excluding hydrogens is 358 g/mol. The number of carbonyl (C=O) groups excluding carboxylic acids is 2. The molecule has 1 N–H and O–H groups in total. The number of carbonyl (C=O) groups is 2. The zero-order valence-corrected chi connectivity index (χ0v) is 16.2. The van der Waals surface area contributed by atoms with Crippen LogP contribution in [0.4, 0.5) is 0 Å². The number of ether oxygens (including phenoxy) is 1. The molecule has 0 aliphatic carbocycles. The van der Waals surface area contributed by atoms with E-state index >= 15 is 0 Å². The average molecular weight is 381 g/mol. The van der Waals surface area contributed by atoms with Gasteiger partial charge in [0.05, 0.1) is 6.61 Å². The Hall–Kier alpha value is -2.66. The molecule has 4 nitrogen and oxygen atoms in total. The van der Waals surface area contributed by atoms with Crippen molar-refractivity contribution in [1.29, 1.82) is 0 Å². The van der Waals surface area contributed by atoms with Gasteiger partial charge in [-0.2, -0.15) is 0 Å². The maximum atomic E-state index is 12.0. The summed E-state index contributed by atoms with van der Waals surface area (Å²) in [5.41, 5.74) is 1.95. The van der Waals surface area contributed by atoms with Crippen molar-refractivity contribution in [1.82, 2.24) is 5.32 Å². The third kappa shape index (κ3) is 5.41. The summed E-state index contributed by atoms with van der Waals surface area (Å²) in [7, 11) is 0. The van der Waals surface area contributed by atoms with E-state index in [1.807, 2.05) is 12.1 Å². The number of ketones is 1. The first-order valence-electron chi connectivity index (χ1n) is 9.09. The lowest BCUT2D eigenvalue weighted by molar-refractivity contribution is -0.121. The van der Waals surface area contributed by atoms with Crippen molar-refractivity contribution >= 4 is 33.1 Å². The average Bonchev–Trinajstić information content (AvgIpc) is 3.09. The number of Topliss-reactive ketones (excluding diaryl/α,β-unsaturated/α-hetero) is 1. The van der Waals surface area contributed by atoms with Crippen LogP contribution in [0.3, 0.4) is 0 Å². The van der Waals surface area contributed by atoms with Gasteiger partial charge in [0.2, 0.25) is 5.91 Å². The fraction of sp³-hybridized carbons (Fsp3) is 0.273. The highest BCUT2D eigenvalue weighted by atomic mass is 32.1. The van der Waals surface area contributed by atoms with Crippen LogP contribution in [-0.2, 0) is 11.2 Å². The van der Waals surface area contributed by atoms with E-state index in [9.17, 15) is 9.59 Å². The molecule has 27 heavy (non-hydrogen) atoms. The first-order chi connectivity index (χ1) is 13.1. The van der Waals surface area contributed by atoms with Crippen LogP contribution < -0.4 is 10.1 Å². The van der Waals surface area contributed by atoms with Gasteiger partial charge in [0.15, 0.2) is 5.78 Å². The zero-order valence-electron chi connectivity index (χ0n) is 15.4. The van der Waals surface area contributed by atoms with E-state index in [0.717, 1.165) is 6.42 Å². The van der Waals surface area contributed by atoms with Gasteiger partial charge in [0, 0.05) is 23.2 Å². The van der Waals surface area contributed by atoms with Crippen LogP contribution in [0.25, 0.3) is 10.1 Å². The Morgan fingerprint density at radius 1 is 1.07 bits per heavy atom. The molecule has 3 rings (SSSR count). The van der Waals surface area contributed by atoms with Gasteiger partial charge in [0.1, 0.15) is 5.75 Å². The molecule has 0 saturated heterocycles. The molecule has 3 aromatic rings. The van der Waals surface area contributed by atoms with E-state index in [1.54, 1.807) is 35.6 Å². The SMILES string of the molecule is CC(=O)c1ccc(OCCCC(=O)NCCc2csc3ccccc23)cc1. The standard InChI is InChI=1S/C22H23NO3S/c1-16(24)17-8-10-19(11-9-17)26-14-4-7-22(25)23-13-12-18-15-27-21-6-3-2-5-20(18)21/h2-3,5-6,8-11,15H,4,7,12-14H2,1H3,(H,23,25). The summed E-state index contributed by atoms with van der Waals surface area (Å²) in [6, 6.07) is 15.4. The zero-order chi connectivity index (χ0) is 19.1. The molecule has 1 aromatic heterocycles. The Balaban J connectivity index is 1.33. The maximum Gasteiger partial charge on any atom is 0.220 e. The number of amides is 1. The van der Waals surface area contributed by atoms with Crippen molar-refractivity contribution in [2.45, 2.75) is 26.2 Å². The summed E-state index contributed by atoms with van der Waals surface area (Å²) in [6.45, 7) is 2.66. The van der Waals surface area contributed by atoms with E-state index < -0.39 is 0 Å². The van der Waals surface area contributed by atoms with Crippen molar-refractivity contribution in [3.63, 3.8) is 0 Å². The molecule has 0 saturated carbocycles.